The van der Waals surface area contributed by atoms with E-state index in [0.29, 0.717) is 11.3 Å². The molecule has 1 aliphatic rings. The fourth-order valence-electron chi connectivity index (χ4n) is 3.10. The fraction of sp³-hybridized carbons (Fsp3) is 0.105. The number of halogens is 3. The first kappa shape index (κ1) is 16.4. The van der Waals surface area contributed by atoms with E-state index in [1.54, 1.807) is 24.3 Å². The van der Waals surface area contributed by atoms with Crippen molar-refractivity contribution < 1.29 is 13.6 Å². The Morgan fingerprint density at radius 3 is 2.64 bits per heavy atom. The molecule has 0 spiro atoms. The van der Waals surface area contributed by atoms with Crippen LogP contribution >= 0.6 is 27.3 Å². The lowest BCUT2D eigenvalue weighted by atomic mass is 9.89. The van der Waals surface area contributed by atoms with Crippen molar-refractivity contribution in [3.63, 3.8) is 0 Å². The molecular weight excluding hydrogens is 408 g/mol. The van der Waals surface area contributed by atoms with Gasteiger partial charge in [-0.2, -0.15) is 0 Å². The molecule has 1 amide bonds. The molecule has 1 aliphatic heterocycles. The molecule has 1 aromatic heterocycles. The highest BCUT2D eigenvalue weighted by Crippen LogP contribution is 2.47. The predicted octanol–water partition coefficient (Wildman–Crippen LogP) is 5.93. The highest BCUT2D eigenvalue weighted by Gasteiger charge is 2.32. The maximum Gasteiger partial charge on any atom is 0.225 e. The molecule has 0 saturated heterocycles. The predicted molar refractivity (Wildman–Crippen MR) is 98.9 cm³/mol. The van der Waals surface area contributed by atoms with Gasteiger partial charge < -0.3 is 5.32 Å². The van der Waals surface area contributed by atoms with E-state index in [2.05, 4.69) is 21.2 Å². The number of nitrogens with one attached hydrogen (secondary N) is 1. The largest absolute Gasteiger partial charge is 0.325 e. The standard InChI is InChI=1S/C19H12BrF2NOS/c20-11-3-6-16(22)13(7-11)14-8-17(24)23-18-15(9-25-19(14)18)10-1-4-12(21)5-2-10/h1-7,9,14H,8H2,(H,23,24)/t14-/m1/s1. The topological polar surface area (TPSA) is 29.1 Å². The normalized spacial score (nSPS) is 16.4. The van der Waals surface area contributed by atoms with Crippen LogP contribution in [0.15, 0.2) is 52.3 Å². The lowest BCUT2D eigenvalue weighted by Gasteiger charge is -2.24. The number of thiophene rings is 1. The number of benzene rings is 2. The number of fused-ring (bicyclic) bond motifs is 1. The highest BCUT2D eigenvalue weighted by atomic mass is 79.9. The van der Waals surface area contributed by atoms with E-state index in [4.69, 9.17) is 0 Å². The Balaban J connectivity index is 1.84. The maximum absolute atomic E-state index is 14.4. The molecule has 3 aromatic rings. The van der Waals surface area contributed by atoms with Gasteiger partial charge in [0.15, 0.2) is 0 Å². The average Bonchev–Trinajstić information content (AvgIpc) is 3.01. The summed E-state index contributed by atoms with van der Waals surface area (Å²) in [6.45, 7) is 0. The van der Waals surface area contributed by atoms with Gasteiger partial charge in [-0.3, -0.25) is 4.79 Å². The Morgan fingerprint density at radius 1 is 1.12 bits per heavy atom. The van der Waals surface area contributed by atoms with E-state index in [9.17, 15) is 13.6 Å². The van der Waals surface area contributed by atoms with Gasteiger partial charge in [0.25, 0.3) is 0 Å². The maximum atomic E-state index is 14.4. The third-order valence-corrected chi connectivity index (χ3v) is 5.87. The number of carbonyl (C=O) groups is 1. The van der Waals surface area contributed by atoms with Crippen molar-refractivity contribution in [2.45, 2.75) is 12.3 Å². The van der Waals surface area contributed by atoms with Crippen molar-refractivity contribution in [3.05, 3.63) is 74.4 Å². The molecule has 0 saturated carbocycles. The fourth-order valence-corrected chi connectivity index (χ4v) is 4.63. The molecule has 25 heavy (non-hydrogen) atoms. The van der Waals surface area contributed by atoms with Crippen molar-refractivity contribution in [1.29, 1.82) is 0 Å². The van der Waals surface area contributed by atoms with Crippen LogP contribution < -0.4 is 5.32 Å². The molecule has 2 heterocycles. The summed E-state index contributed by atoms with van der Waals surface area (Å²) in [4.78, 5) is 13.2. The number of amides is 1. The van der Waals surface area contributed by atoms with Crippen LogP contribution in [0.5, 0.6) is 0 Å². The second kappa shape index (κ2) is 6.35. The van der Waals surface area contributed by atoms with Crippen LogP contribution in [0.4, 0.5) is 14.5 Å². The summed E-state index contributed by atoms with van der Waals surface area (Å²) in [6.07, 6.45) is 0.198. The van der Waals surface area contributed by atoms with Crippen LogP contribution in [0.3, 0.4) is 0 Å². The van der Waals surface area contributed by atoms with Gasteiger partial charge in [0.1, 0.15) is 11.6 Å². The molecule has 2 aromatic carbocycles. The molecule has 2 nitrogen and oxygen atoms in total. The van der Waals surface area contributed by atoms with Gasteiger partial charge in [-0.1, -0.05) is 28.1 Å². The minimum atomic E-state index is -0.333. The number of hydrogen-bond acceptors (Lipinski definition) is 2. The molecule has 6 heteroatoms. The minimum absolute atomic E-state index is 0.154. The number of hydrogen-bond donors (Lipinski definition) is 1. The molecule has 0 aliphatic carbocycles. The van der Waals surface area contributed by atoms with Crippen LogP contribution in [-0.2, 0) is 4.79 Å². The summed E-state index contributed by atoms with van der Waals surface area (Å²) in [5.74, 6) is -1.13. The third-order valence-electron chi connectivity index (χ3n) is 4.28. The second-order valence-electron chi connectivity index (χ2n) is 5.87. The van der Waals surface area contributed by atoms with Crippen molar-refractivity contribution in [2.24, 2.45) is 0 Å². The summed E-state index contributed by atoms with van der Waals surface area (Å²) in [5.41, 5.74) is 2.83. The van der Waals surface area contributed by atoms with Crippen LogP contribution in [-0.4, -0.2) is 5.91 Å². The summed E-state index contributed by atoms with van der Waals surface area (Å²) < 4.78 is 28.3. The second-order valence-corrected chi connectivity index (χ2v) is 7.69. The number of anilines is 1. The van der Waals surface area contributed by atoms with Crippen LogP contribution in [0.1, 0.15) is 22.8 Å². The molecule has 4 rings (SSSR count). The van der Waals surface area contributed by atoms with Gasteiger partial charge >= 0.3 is 0 Å². The van der Waals surface area contributed by atoms with E-state index in [1.807, 2.05) is 5.38 Å². The smallest absolute Gasteiger partial charge is 0.225 e. The molecule has 0 unspecified atom stereocenters. The van der Waals surface area contributed by atoms with E-state index in [0.717, 1.165) is 20.5 Å². The molecule has 1 atom stereocenters. The Bertz CT molecular complexity index is 968. The van der Waals surface area contributed by atoms with Gasteiger partial charge in [-0.15, -0.1) is 11.3 Å². The van der Waals surface area contributed by atoms with E-state index in [1.165, 1.54) is 29.5 Å². The molecular formula is C19H12BrF2NOS. The molecule has 126 valence electrons. The quantitative estimate of drug-likeness (QED) is 0.547. The van der Waals surface area contributed by atoms with Gasteiger partial charge in [0, 0.05) is 32.6 Å². The summed E-state index contributed by atoms with van der Waals surface area (Å²) in [7, 11) is 0. The lowest BCUT2D eigenvalue weighted by molar-refractivity contribution is -0.116. The first-order valence-electron chi connectivity index (χ1n) is 7.65. The zero-order valence-corrected chi connectivity index (χ0v) is 15.3. The van der Waals surface area contributed by atoms with Crippen LogP contribution in [0.25, 0.3) is 11.1 Å². The average molecular weight is 420 g/mol. The van der Waals surface area contributed by atoms with Crippen molar-refractivity contribution in [1.82, 2.24) is 0 Å². The number of rotatable bonds is 2. The lowest BCUT2D eigenvalue weighted by Crippen LogP contribution is -2.23. The molecule has 1 N–H and O–H groups in total. The molecule has 0 radical (unpaired) electrons. The Kier molecular flexibility index (Phi) is 4.17. The van der Waals surface area contributed by atoms with Crippen molar-refractivity contribution >= 4 is 38.9 Å². The van der Waals surface area contributed by atoms with Crippen LogP contribution in [0.2, 0.25) is 0 Å². The summed E-state index contributed by atoms with van der Waals surface area (Å²) in [5, 5.41) is 4.82. The Morgan fingerprint density at radius 2 is 1.88 bits per heavy atom. The highest BCUT2D eigenvalue weighted by molar-refractivity contribution is 9.10. The summed E-state index contributed by atoms with van der Waals surface area (Å²) in [6, 6.07) is 10.9. The first-order valence-corrected chi connectivity index (χ1v) is 9.32. The van der Waals surface area contributed by atoms with Crippen molar-refractivity contribution in [2.75, 3.05) is 5.32 Å². The van der Waals surface area contributed by atoms with Gasteiger partial charge in [0.05, 0.1) is 5.69 Å². The van der Waals surface area contributed by atoms with E-state index < -0.39 is 0 Å². The monoisotopic (exact) mass is 419 g/mol. The van der Waals surface area contributed by atoms with Crippen molar-refractivity contribution in [3.8, 4) is 11.1 Å². The zero-order valence-electron chi connectivity index (χ0n) is 12.9. The van der Waals surface area contributed by atoms with Gasteiger partial charge in [-0.05, 0) is 41.5 Å². The van der Waals surface area contributed by atoms with Gasteiger partial charge in [-0.25, -0.2) is 8.78 Å². The minimum Gasteiger partial charge on any atom is -0.325 e. The SMILES string of the molecule is O=C1C[C@H](c2cc(Br)ccc2F)c2scc(-c3ccc(F)cc3)c2N1. The third kappa shape index (κ3) is 3.00. The van der Waals surface area contributed by atoms with Crippen LogP contribution in [0, 0.1) is 11.6 Å². The first-order chi connectivity index (χ1) is 12.0. The zero-order chi connectivity index (χ0) is 17.6. The Labute approximate surface area is 155 Å². The van der Waals surface area contributed by atoms with Gasteiger partial charge in [0.2, 0.25) is 5.91 Å². The molecule has 0 fully saturated rings. The summed E-state index contributed by atoms with van der Waals surface area (Å²) >= 11 is 4.85. The Hall–Kier alpha value is -2.05. The molecule has 0 bridgehead atoms. The number of carbonyl (C=O) groups excluding carboxylic acids is 1. The van der Waals surface area contributed by atoms with E-state index >= 15 is 0 Å². The van der Waals surface area contributed by atoms with E-state index in [-0.39, 0.29) is 29.9 Å².